The van der Waals surface area contributed by atoms with E-state index in [4.69, 9.17) is 16.3 Å². The molecule has 0 spiro atoms. The number of esters is 1. The van der Waals surface area contributed by atoms with Crippen LogP contribution in [0.5, 0.6) is 0 Å². The zero-order valence-corrected chi connectivity index (χ0v) is 16.1. The molecule has 2 heterocycles. The summed E-state index contributed by atoms with van der Waals surface area (Å²) in [5, 5.41) is 3.37. The van der Waals surface area contributed by atoms with Gasteiger partial charge in [-0.2, -0.15) is 0 Å². The first-order chi connectivity index (χ1) is 12.4. The number of hydrogen-bond acceptors (Lipinski definition) is 5. The number of hydrogen-bond donors (Lipinski definition) is 1. The van der Waals surface area contributed by atoms with Crippen molar-refractivity contribution in [2.24, 2.45) is 0 Å². The third-order valence-corrected chi connectivity index (χ3v) is 6.43. The van der Waals surface area contributed by atoms with E-state index < -0.39 is 12.0 Å². The Balaban J connectivity index is 1.42. The Morgan fingerprint density at radius 3 is 3.04 bits per heavy atom. The van der Waals surface area contributed by atoms with Gasteiger partial charge in [-0.1, -0.05) is 23.7 Å². The van der Waals surface area contributed by atoms with E-state index in [-0.39, 0.29) is 23.3 Å². The van der Waals surface area contributed by atoms with E-state index in [1.54, 1.807) is 22.7 Å². The molecule has 2 aliphatic heterocycles. The van der Waals surface area contributed by atoms with E-state index in [1.807, 2.05) is 25.1 Å². The first kappa shape index (κ1) is 19.0. The largest absolute Gasteiger partial charge is 0.454 e. The average molecular weight is 397 g/mol. The molecule has 1 aromatic rings. The summed E-state index contributed by atoms with van der Waals surface area (Å²) < 4.78 is 5.13. The lowest BCUT2D eigenvalue weighted by atomic mass is 10.1. The number of rotatable bonds is 6. The van der Waals surface area contributed by atoms with Crippen LogP contribution in [0.1, 0.15) is 25.3 Å². The van der Waals surface area contributed by atoms with Gasteiger partial charge in [0.25, 0.3) is 5.91 Å². The van der Waals surface area contributed by atoms with Crippen LogP contribution in [0.4, 0.5) is 0 Å². The van der Waals surface area contributed by atoms with Crippen LogP contribution in [0, 0.1) is 0 Å². The first-order valence-corrected chi connectivity index (χ1v) is 9.89. The molecule has 0 aromatic heterocycles. The minimum Gasteiger partial charge on any atom is -0.454 e. The zero-order chi connectivity index (χ0) is 18.7. The van der Waals surface area contributed by atoms with E-state index in [2.05, 4.69) is 5.32 Å². The molecule has 0 bridgehead atoms. The summed E-state index contributed by atoms with van der Waals surface area (Å²) in [6, 6.07) is 6.82. The van der Waals surface area contributed by atoms with Crippen LogP contribution in [0.2, 0.25) is 5.02 Å². The number of carbonyl (C=O) groups is 3. The number of carbonyl (C=O) groups excluding carboxylic acids is 3. The van der Waals surface area contributed by atoms with Crippen molar-refractivity contribution in [1.82, 2.24) is 10.2 Å². The molecule has 0 aliphatic carbocycles. The van der Waals surface area contributed by atoms with Gasteiger partial charge in [0.1, 0.15) is 6.04 Å². The molecule has 2 saturated heterocycles. The summed E-state index contributed by atoms with van der Waals surface area (Å²) in [4.78, 5) is 37.5. The van der Waals surface area contributed by atoms with Crippen molar-refractivity contribution in [1.29, 1.82) is 0 Å². The molecular formula is C18H21ClN2O4S. The van der Waals surface area contributed by atoms with Gasteiger partial charge in [0.15, 0.2) is 6.61 Å². The summed E-state index contributed by atoms with van der Waals surface area (Å²) in [5.41, 5.74) is 1.02. The summed E-state index contributed by atoms with van der Waals surface area (Å²) in [6.07, 6.45) is 1.84. The van der Waals surface area contributed by atoms with Gasteiger partial charge < -0.3 is 15.0 Å². The van der Waals surface area contributed by atoms with Gasteiger partial charge in [-0.25, -0.2) is 4.79 Å². The van der Waals surface area contributed by atoms with Gasteiger partial charge in [-0.15, -0.1) is 11.8 Å². The van der Waals surface area contributed by atoms with Crippen molar-refractivity contribution in [3.8, 4) is 0 Å². The molecule has 6 nitrogen and oxygen atoms in total. The lowest BCUT2D eigenvalue weighted by molar-refractivity contribution is -0.156. The van der Waals surface area contributed by atoms with Gasteiger partial charge in [-0.3, -0.25) is 9.59 Å². The van der Waals surface area contributed by atoms with Gasteiger partial charge in [-0.05, 0) is 37.5 Å². The maximum Gasteiger partial charge on any atom is 0.330 e. The minimum absolute atomic E-state index is 0.0228. The van der Waals surface area contributed by atoms with Crippen LogP contribution >= 0.6 is 23.4 Å². The van der Waals surface area contributed by atoms with Crippen molar-refractivity contribution >= 4 is 41.1 Å². The topological polar surface area (TPSA) is 75.7 Å². The summed E-state index contributed by atoms with van der Waals surface area (Å²) in [7, 11) is 0. The third-order valence-electron chi connectivity index (χ3n) is 4.69. The molecule has 2 amide bonds. The number of nitrogens with zero attached hydrogens (tertiary/aromatic N) is 1. The van der Waals surface area contributed by atoms with Crippen LogP contribution in [0.25, 0.3) is 0 Å². The number of fused-ring (bicyclic) bond motifs is 1. The number of ether oxygens (including phenoxy) is 1. The molecular weight excluding hydrogens is 376 g/mol. The molecule has 1 aromatic carbocycles. The van der Waals surface area contributed by atoms with E-state index in [1.165, 1.54) is 0 Å². The van der Waals surface area contributed by atoms with Gasteiger partial charge >= 0.3 is 5.97 Å². The molecule has 8 heteroatoms. The van der Waals surface area contributed by atoms with E-state index in [9.17, 15) is 14.4 Å². The molecule has 1 N–H and O–H groups in total. The Labute approximate surface area is 161 Å². The first-order valence-electron chi connectivity index (χ1n) is 8.53. The predicted octanol–water partition coefficient (Wildman–Crippen LogP) is 2.00. The normalized spacial score (nSPS) is 24.5. The fourth-order valence-electron chi connectivity index (χ4n) is 3.32. The Bertz CT molecular complexity index is 729. The van der Waals surface area contributed by atoms with Gasteiger partial charge in [0.05, 0.1) is 4.87 Å². The highest BCUT2D eigenvalue weighted by molar-refractivity contribution is 8.01. The Morgan fingerprint density at radius 1 is 1.46 bits per heavy atom. The highest BCUT2D eigenvalue weighted by Gasteiger charge is 2.53. The van der Waals surface area contributed by atoms with Gasteiger partial charge in [0.2, 0.25) is 5.91 Å². The van der Waals surface area contributed by atoms with Crippen molar-refractivity contribution < 1.29 is 19.1 Å². The highest BCUT2D eigenvalue weighted by Crippen LogP contribution is 2.47. The van der Waals surface area contributed by atoms with E-state index >= 15 is 0 Å². The number of benzene rings is 1. The van der Waals surface area contributed by atoms with Crippen LogP contribution < -0.4 is 5.32 Å². The van der Waals surface area contributed by atoms with Crippen molar-refractivity contribution in [2.45, 2.75) is 37.1 Å². The molecule has 26 heavy (non-hydrogen) atoms. The fraction of sp³-hybridized carbons (Fsp3) is 0.500. The summed E-state index contributed by atoms with van der Waals surface area (Å²) in [5.74, 6) is -0.384. The van der Waals surface area contributed by atoms with Crippen molar-refractivity contribution in [3.63, 3.8) is 0 Å². The van der Waals surface area contributed by atoms with E-state index in [0.717, 1.165) is 12.0 Å². The van der Waals surface area contributed by atoms with Crippen LogP contribution in [-0.2, 0) is 25.5 Å². The second-order valence-electron chi connectivity index (χ2n) is 6.60. The molecule has 2 aliphatic rings. The summed E-state index contributed by atoms with van der Waals surface area (Å²) in [6.45, 7) is 2.06. The van der Waals surface area contributed by atoms with Crippen LogP contribution in [0.3, 0.4) is 0 Å². The quantitative estimate of drug-likeness (QED) is 0.744. The monoisotopic (exact) mass is 396 g/mol. The molecule has 0 radical (unpaired) electrons. The second kappa shape index (κ2) is 7.88. The second-order valence-corrected chi connectivity index (χ2v) is 8.54. The molecule has 0 unspecified atom stereocenters. The van der Waals surface area contributed by atoms with Gasteiger partial charge in [0, 0.05) is 23.7 Å². The zero-order valence-electron chi connectivity index (χ0n) is 14.5. The summed E-state index contributed by atoms with van der Waals surface area (Å²) >= 11 is 7.51. The Morgan fingerprint density at radius 2 is 2.27 bits per heavy atom. The lowest BCUT2D eigenvalue weighted by Crippen LogP contribution is -2.47. The third kappa shape index (κ3) is 4.15. The molecule has 2 fully saturated rings. The average Bonchev–Trinajstić information content (AvgIpc) is 3.09. The van der Waals surface area contributed by atoms with Crippen molar-refractivity contribution in [2.75, 3.05) is 18.9 Å². The highest BCUT2D eigenvalue weighted by atomic mass is 35.5. The predicted molar refractivity (Wildman–Crippen MR) is 99.9 cm³/mol. The number of thioether (sulfide) groups is 1. The fourth-order valence-corrected chi connectivity index (χ4v) is 4.95. The number of nitrogens with one attached hydrogen (secondary N) is 1. The molecule has 0 saturated carbocycles. The maximum atomic E-state index is 12.3. The minimum atomic E-state index is -0.598. The SMILES string of the molecule is C[C@]12CCC(=O)N1[C@H](C(=O)OCC(=O)NCCc1cccc(Cl)c1)CS2. The molecule has 3 rings (SSSR count). The van der Waals surface area contributed by atoms with Crippen molar-refractivity contribution in [3.05, 3.63) is 34.9 Å². The number of halogens is 1. The standard InChI is InChI=1S/C18H21ClN2O4S/c1-18-7-5-16(23)21(18)14(11-26-18)17(24)25-10-15(22)20-8-6-12-3-2-4-13(19)9-12/h2-4,9,14H,5-8,10-11H2,1H3,(H,20,22)/t14-,18-/m0/s1. The molecule has 140 valence electrons. The number of amides is 2. The van der Waals surface area contributed by atoms with Crippen LogP contribution in [-0.4, -0.2) is 52.5 Å². The van der Waals surface area contributed by atoms with E-state index in [0.29, 0.717) is 30.2 Å². The maximum absolute atomic E-state index is 12.3. The molecule has 2 atom stereocenters. The smallest absolute Gasteiger partial charge is 0.330 e. The lowest BCUT2D eigenvalue weighted by Gasteiger charge is -2.29. The van der Waals surface area contributed by atoms with Crippen LogP contribution in [0.15, 0.2) is 24.3 Å². The Kier molecular flexibility index (Phi) is 5.77. The Hall–Kier alpha value is -1.73.